The second kappa shape index (κ2) is 9.67. The smallest absolute Gasteiger partial charge is 0.256 e. The maximum atomic E-state index is 13.5. The van der Waals surface area contributed by atoms with Crippen molar-refractivity contribution in [1.82, 2.24) is 19.9 Å². The highest BCUT2D eigenvalue weighted by Gasteiger charge is 2.45. The summed E-state index contributed by atoms with van der Waals surface area (Å²) in [6.45, 7) is 5.63. The van der Waals surface area contributed by atoms with E-state index in [1.165, 1.54) is 18.5 Å². The molecule has 1 amide bonds. The van der Waals surface area contributed by atoms with Gasteiger partial charge in [-0.15, -0.1) is 0 Å². The number of amides is 1. The van der Waals surface area contributed by atoms with Crippen molar-refractivity contribution in [2.45, 2.75) is 32.6 Å². The van der Waals surface area contributed by atoms with Crippen LogP contribution < -0.4 is 0 Å². The van der Waals surface area contributed by atoms with E-state index >= 15 is 0 Å². The number of likely N-dealkylation sites (tertiary alicyclic amines) is 1. The van der Waals surface area contributed by atoms with Crippen LogP contribution in [0, 0.1) is 11.2 Å². The Morgan fingerprint density at radius 1 is 1.06 bits per heavy atom. The van der Waals surface area contributed by atoms with Gasteiger partial charge in [-0.2, -0.15) is 0 Å². The third-order valence-corrected chi connectivity index (χ3v) is 7.08. The molecule has 1 aliphatic heterocycles. The molecular weight excluding hydrogens is 427 g/mol. The van der Waals surface area contributed by atoms with Gasteiger partial charge in [0.1, 0.15) is 17.8 Å². The minimum atomic E-state index is -0.227. The molecule has 3 aromatic rings. The molecule has 2 aliphatic rings. The summed E-state index contributed by atoms with van der Waals surface area (Å²) in [5.74, 6) is -0.0426. The van der Waals surface area contributed by atoms with Gasteiger partial charge in [0.2, 0.25) is 0 Å². The molecule has 1 atom stereocenters. The fourth-order valence-electron chi connectivity index (χ4n) is 5.27. The molecule has 5 nitrogen and oxygen atoms in total. The first-order valence-corrected chi connectivity index (χ1v) is 11.2. The molecule has 5 rings (SSSR count). The summed E-state index contributed by atoms with van der Waals surface area (Å²) in [7, 11) is 0. The molecule has 1 aliphatic carbocycles. The molecule has 1 aromatic carbocycles. The van der Waals surface area contributed by atoms with E-state index in [1.807, 2.05) is 17.0 Å². The zero-order valence-corrected chi connectivity index (χ0v) is 18.3. The van der Waals surface area contributed by atoms with E-state index in [0.29, 0.717) is 30.0 Å². The van der Waals surface area contributed by atoms with E-state index in [0.717, 1.165) is 30.4 Å². The maximum absolute atomic E-state index is 13.5. The molecule has 0 radical (unpaired) electrons. The number of hydrogen-bond acceptors (Lipinski definition) is 4. The zero-order chi connectivity index (χ0) is 22.8. The SMILES string of the molecule is C.C=C1C=CC[C@@H](c2ccc(F)cc2)C12CCN(C(=O)c1cccnc1-c1ccncn1)CC2. The van der Waals surface area contributed by atoms with Crippen LogP contribution in [-0.4, -0.2) is 38.8 Å². The van der Waals surface area contributed by atoms with Crippen molar-refractivity contribution < 1.29 is 9.18 Å². The van der Waals surface area contributed by atoms with E-state index in [-0.39, 0.29) is 30.5 Å². The molecule has 174 valence electrons. The van der Waals surface area contributed by atoms with Crippen LogP contribution in [0.4, 0.5) is 4.39 Å². The molecule has 1 saturated heterocycles. The largest absolute Gasteiger partial charge is 0.339 e. The minimum absolute atomic E-state index is 0. The normalized spacial score (nSPS) is 19.0. The summed E-state index contributed by atoms with van der Waals surface area (Å²) in [5.41, 5.74) is 3.83. The van der Waals surface area contributed by atoms with Crippen molar-refractivity contribution >= 4 is 5.91 Å². The number of piperidine rings is 1. The fraction of sp³-hybridized carbons (Fsp3) is 0.286. The van der Waals surface area contributed by atoms with Gasteiger partial charge in [-0.05, 0) is 66.6 Å². The third kappa shape index (κ3) is 4.16. The summed E-state index contributed by atoms with van der Waals surface area (Å²) in [5, 5.41) is 0. The van der Waals surface area contributed by atoms with Crippen LogP contribution in [0.1, 0.15) is 48.5 Å². The lowest BCUT2D eigenvalue weighted by atomic mass is 9.59. The average molecular weight is 457 g/mol. The number of aromatic nitrogens is 3. The zero-order valence-electron chi connectivity index (χ0n) is 18.3. The van der Waals surface area contributed by atoms with Crippen LogP contribution in [0.15, 0.2) is 85.5 Å². The Morgan fingerprint density at radius 2 is 1.82 bits per heavy atom. The van der Waals surface area contributed by atoms with Gasteiger partial charge >= 0.3 is 0 Å². The molecule has 2 aromatic heterocycles. The maximum Gasteiger partial charge on any atom is 0.256 e. The number of carbonyl (C=O) groups excluding carboxylic acids is 1. The molecule has 0 unspecified atom stereocenters. The Hall–Kier alpha value is -3.67. The van der Waals surface area contributed by atoms with Crippen molar-refractivity contribution in [3.63, 3.8) is 0 Å². The molecule has 6 heteroatoms. The third-order valence-electron chi connectivity index (χ3n) is 7.08. The number of allylic oxidation sites excluding steroid dienone is 3. The Bertz CT molecular complexity index is 1200. The predicted octanol–water partition coefficient (Wildman–Crippen LogP) is 5.84. The lowest BCUT2D eigenvalue weighted by Gasteiger charge is -2.49. The van der Waals surface area contributed by atoms with Gasteiger partial charge in [-0.25, -0.2) is 14.4 Å². The van der Waals surface area contributed by atoms with Crippen LogP contribution in [0.3, 0.4) is 0 Å². The predicted molar refractivity (Wildman–Crippen MR) is 132 cm³/mol. The Labute approximate surface area is 200 Å². The fourth-order valence-corrected chi connectivity index (χ4v) is 5.27. The van der Waals surface area contributed by atoms with E-state index in [2.05, 4.69) is 33.7 Å². The van der Waals surface area contributed by atoms with E-state index in [9.17, 15) is 9.18 Å². The van der Waals surface area contributed by atoms with E-state index in [1.54, 1.807) is 30.6 Å². The van der Waals surface area contributed by atoms with E-state index < -0.39 is 0 Å². The quantitative estimate of drug-likeness (QED) is 0.497. The molecule has 1 spiro atoms. The van der Waals surface area contributed by atoms with Gasteiger partial charge in [-0.1, -0.05) is 38.3 Å². The van der Waals surface area contributed by atoms with Gasteiger partial charge in [0.05, 0.1) is 11.3 Å². The average Bonchev–Trinajstić information content (AvgIpc) is 2.87. The summed E-state index contributed by atoms with van der Waals surface area (Å²) in [6, 6.07) is 12.2. The highest BCUT2D eigenvalue weighted by Crippen LogP contribution is 2.53. The summed E-state index contributed by atoms with van der Waals surface area (Å²) in [4.78, 5) is 28.1. The molecular formula is C28H29FN4O. The lowest BCUT2D eigenvalue weighted by Crippen LogP contribution is -2.47. The topological polar surface area (TPSA) is 59.0 Å². The second-order valence-electron chi connectivity index (χ2n) is 8.71. The van der Waals surface area contributed by atoms with Crippen molar-refractivity contribution in [3.05, 3.63) is 102 Å². The Balaban J connectivity index is 0.00000274. The van der Waals surface area contributed by atoms with Gasteiger partial charge in [-0.3, -0.25) is 9.78 Å². The number of pyridine rings is 1. The molecule has 0 saturated carbocycles. The van der Waals surface area contributed by atoms with Gasteiger partial charge in [0.25, 0.3) is 5.91 Å². The Morgan fingerprint density at radius 3 is 2.53 bits per heavy atom. The first kappa shape index (κ1) is 23.5. The molecule has 1 fully saturated rings. The molecule has 3 heterocycles. The molecule has 0 N–H and O–H groups in total. The molecule has 34 heavy (non-hydrogen) atoms. The molecule has 0 bridgehead atoms. The van der Waals surface area contributed by atoms with Gasteiger partial charge in [0.15, 0.2) is 0 Å². The summed E-state index contributed by atoms with van der Waals surface area (Å²) < 4.78 is 13.5. The first-order chi connectivity index (χ1) is 16.1. The van der Waals surface area contributed by atoms with Crippen LogP contribution in [0.25, 0.3) is 11.4 Å². The van der Waals surface area contributed by atoms with Crippen molar-refractivity contribution in [1.29, 1.82) is 0 Å². The van der Waals surface area contributed by atoms with Gasteiger partial charge in [0, 0.05) is 30.9 Å². The van der Waals surface area contributed by atoms with Gasteiger partial charge < -0.3 is 4.90 Å². The number of benzene rings is 1. The number of rotatable bonds is 3. The summed E-state index contributed by atoms with van der Waals surface area (Å²) >= 11 is 0. The monoisotopic (exact) mass is 456 g/mol. The number of halogens is 1. The second-order valence-corrected chi connectivity index (χ2v) is 8.71. The van der Waals surface area contributed by atoms with Crippen LogP contribution in [-0.2, 0) is 0 Å². The van der Waals surface area contributed by atoms with Crippen LogP contribution in [0.2, 0.25) is 0 Å². The lowest BCUT2D eigenvalue weighted by molar-refractivity contribution is 0.0589. The minimum Gasteiger partial charge on any atom is -0.339 e. The van der Waals surface area contributed by atoms with E-state index in [4.69, 9.17) is 0 Å². The highest BCUT2D eigenvalue weighted by atomic mass is 19.1. The number of hydrogen-bond donors (Lipinski definition) is 0. The van der Waals surface area contributed by atoms with Crippen molar-refractivity contribution in [2.24, 2.45) is 5.41 Å². The number of carbonyl (C=O) groups is 1. The first-order valence-electron chi connectivity index (χ1n) is 11.2. The summed E-state index contributed by atoms with van der Waals surface area (Å²) in [6.07, 6.45) is 11.6. The Kier molecular flexibility index (Phi) is 6.68. The van der Waals surface area contributed by atoms with Crippen molar-refractivity contribution in [2.75, 3.05) is 13.1 Å². The highest BCUT2D eigenvalue weighted by molar-refractivity contribution is 5.99. The van der Waals surface area contributed by atoms with Crippen LogP contribution in [0.5, 0.6) is 0 Å². The van der Waals surface area contributed by atoms with Crippen LogP contribution >= 0.6 is 0 Å². The number of nitrogens with zero attached hydrogens (tertiary/aromatic N) is 4. The standard InChI is InChI=1S/C27H25FN4O.CH4/c1-19-4-2-6-23(20-7-9-21(28)10-8-20)27(19)12-16-32(17-13-27)26(33)22-5-3-14-30-25(22)24-11-15-29-18-31-24;/h2-5,7-11,14-15,18,23H,1,6,12-13,16-17H2;1H4/t23-;/m0./s1. The van der Waals surface area contributed by atoms with Crippen molar-refractivity contribution in [3.8, 4) is 11.4 Å².